The number of allylic oxidation sites excluding steroid dienone is 2. The minimum absolute atomic E-state index is 0. The number of anilines is 2. The van der Waals surface area contributed by atoms with Crippen molar-refractivity contribution in [3.8, 4) is 39.1 Å². The summed E-state index contributed by atoms with van der Waals surface area (Å²) in [4.78, 5) is 20.8. The molecule has 0 saturated heterocycles. The molecule has 20 heteroatoms. The Morgan fingerprint density at radius 3 is 1.33 bits per heavy atom. The molecule has 23 rings (SSSR count). The molecule has 2 aliphatic carbocycles. The van der Waals surface area contributed by atoms with Crippen molar-refractivity contribution in [3.05, 3.63) is 565 Å². The molecular weight excluding hydrogens is 2200 g/mol. The number of alkyl halides is 1. The lowest BCUT2D eigenvalue weighted by molar-refractivity contribution is -0.385. The summed E-state index contributed by atoms with van der Waals surface area (Å²) >= 11 is 19.0. The minimum atomic E-state index is -1.40. The second-order valence-corrected chi connectivity index (χ2v) is 39.6. The minimum Gasteiger partial charge on any atom is -0.423 e. The average molecular weight is 2300 g/mol. The predicted molar refractivity (Wildman–Crippen MR) is 619 cm³/mol. The smallest absolute Gasteiger partial charge is 0.423 e. The van der Waals surface area contributed by atoms with Crippen molar-refractivity contribution < 1.29 is 27.0 Å². The van der Waals surface area contributed by atoms with Crippen LogP contribution in [0.4, 0.5) is 27.1 Å². The van der Waals surface area contributed by atoms with Gasteiger partial charge in [0.1, 0.15) is 0 Å². The van der Waals surface area contributed by atoms with E-state index in [9.17, 15) is 24.6 Å². The molecule has 10 nitrogen and oxygen atoms in total. The molecule has 0 spiro atoms. The lowest BCUT2D eigenvalue weighted by Gasteiger charge is -2.18. The first kappa shape index (κ1) is 100. The zero-order valence-corrected chi connectivity index (χ0v) is 86.9. The summed E-state index contributed by atoms with van der Waals surface area (Å²) in [7, 11) is 1.67. The van der Waals surface area contributed by atoms with Gasteiger partial charge in [-0.1, -0.05) is 410 Å². The molecule has 21 aromatic rings. The van der Waals surface area contributed by atoms with E-state index in [1.807, 2.05) is 115 Å². The molecule has 2 aliphatic rings. The van der Waals surface area contributed by atoms with Gasteiger partial charge in [0.15, 0.2) is 5.56 Å². The van der Waals surface area contributed by atoms with Crippen molar-refractivity contribution in [3.63, 3.8) is 0 Å². The van der Waals surface area contributed by atoms with Crippen LogP contribution in [0.2, 0.25) is 6.80 Å². The molecule has 3 N–H and O–H groups in total. The fourth-order valence-corrected chi connectivity index (χ4v) is 21.0. The Labute approximate surface area is 882 Å². The summed E-state index contributed by atoms with van der Waals surface area (Å²) in [5, 5.41) is 56.6. The van der Waals surface area contributed by atoms with Gasteiger partial charge in [0.2, 0.25) is 0 Å². The number of nitrogens with one attached hydrogen (secondary N) is 1. The van der Waals surface area contributed by atoms with Gasteiger partial charge < -0.3 is 19.9 Å². The maximum Gasteiger partial charge on any atom is 0.489 e. The second-order valence-electron chi connectivity index (χ2n) is 31.6. The zero-order chi connectivity index (χ0) is 100. The number of nitro groups is 2. The Balaban J connectivity index is 0.000000131. The molecule has 690 valence electrons. The fraction of sp³-hybridized carbons (Fsp3) is 0.0248. The summed E-state index contributed by atoms with van der Waals surface area (Å²) in [6, 6.07) is 163. The number of rotatable bonds is 12. The number of hydrogen-bond donors (Lipinski definition) is 3. The summed E-state index contributed by atoms with van der Waals surface area (Å²) in [6.45, 7) is 0. The molecule has 1 aromatic heterocycles. The number of halogens is 7. The number of aromatic nitrogens is 1. The van der Waals surface area contributed by atoms with Gasteiger partial charge in [-0.2, -0.15) is 0 Å². The summed E-state index contributed by atoms with van der Waals surface area (Å²) in [5.74, 6) is 0. The van der Waals surface area contributed by atoms with Crippen LogP contribution in [-0.4, -0.2) is 46.6 Å². The maximum absolute atomic E-state index is 11.3. The molecule has 20 aromatic carbocycles. The molecule has 0 aliphatic heterocycles. The van der Waals surface area contributed by atoms with Gasteiger partial charge in [0.05, 0.1) is 64.5 Å². The Hall–Kier alpha value is -13.5. The van der Waals surface area contributed by atoms with Crippen molar-refractivity contribution in [1.29, 1.82) is 0 Å². The van der Waals surface area contributed by atoms with Crippen LogP contribution >= 0.6 is 110 Å². The van der Waals surface area contributed by atoms with Gasteiger partial charge in [-0.3, -0.25) is 24.6 Å². The standard InChI is InChI=1S/C24H19N.C22H14BrN.C18H15P.C17H10Br.C16H10BrNO2.C10H9BO2.C6H3Br2NO2.C6H5I.CH3B.CH3F/c1-3-7-19(8-4-1)21-11-15-23(16-12-21)25-24-17-13-22(14-18-24)20-9-5-2-6-10-20;23-16-11-12-19-21(14-16)24(17-7-2-1-3-8-17)20-13-10-15-6-4-5-9-18(15)22(19)20;1-4-10-16(11-5-1)19(17-12-6-2-7-13-17)18-14-8-3-9-15-18;18-14-7-8-16-13(10-14)9-12-6-5-11-3-1-2-4-15(11)17(12)16;17-12-8-9-15(16(10-12)18(19)20)14-7-3-5-11-4-1-2-6-13(11)14;12-11(13)10-7-3-5-8-4-1-2-6-9(8)10;7-4-1-2-5(8)6(3-4)9(10)11;7-6-4-2-1-3-5-6;2*1-2/h1-18,25H;1-14H;1-15H;1-4,6-8,10H,9H2;1-10H;1-7,12-13H;1-3H;1-5H;2*1H3/q;;;+1;;;;;;/i;;;;;;;;2*1D. The fourth-order valence-electron chi connectivity index (χ4n) is 16.4. The third kappa shape index (κ3) is 27.2. The van der Waals surface area contributed by atoms with Gasteiger partial charge in [-0.05, 0) is 255 Å². The first-order chi connectivity index (χ1) is 69.8. The molecule has 2 radical (unpaired) electrons. The Morgan fingerprint density at radius 1 is 0.404 bits per heavy atom. The van der Waals surface area contributed by atoms with Gasteiger partial charge in [0, 0.05) is 92.5 Å². The predicted octanol–water partition coefficient (Wildman–Crippen LogP) is 33.3. The molecule has 0 fully saturated rings. The molecular formula is C121H91B2Br5FIN4O6P+. The molecule has 0 amide bonds. The van der Waals surface area contributed by atoms with E-state index >= 15 is 0 Å². The van der Waals surface area contributed by atoms with Crippen LogP contribution in [0.25, 0.3) is 98.8 Å². The van der Waals surface area contributed by atoms with Crippen LogP contribution < -0.4 is 26.7 Å². The van der Waals surface area contributed by atoms with Crippen molar-refractivity contribution in [2.75, 3.05) is 12.5 Å². The lowest BCUT2D eigenvalue weighted by Crippen LogP contribution is -2.30. The van der Waals surface area contributed by atoms with Gasteiger partial charge in [-0.15, -0.1) is 0 Å². The van der Waals surface area contributed by atoms with Crippen LogP contribution in [0.3, 0.4) is 0 Å². The SMILES string of the molecule is Brc1ccc2c(c1)CC1=C2c2ccccc2[C+]=C1.Brc1ccc2c3c4ccccc4ccc3n(-c3ccccc3)c2c1.Ic1ccccc1.O=[N+]([O-])c1cc(Br)ccc1-c1cccc2ccccc12.O=[N+]([O-])c1cc(Br)ccc1Br.OB(O)c1cccc2ccccc12.[2H]CF.[2H]C[B].c1ccc(-c2ccc(Nc3ccc(-c4ccccc4)cc3)cc2)cc1.c1ccc(P(c2ccccc2)c2ccccc2)cc1. The summed E-state index contributed by atoms with van der Waals surface area (Å²) < 4.78 is 29.3. The van der Waals surface area contributed by atoms with E-state index in [1.165, 1.54) is 126 Å². The third-order valence-corrected chi connectivity index (χ3v) is 28.6. The highest BCUT2D eigenvalue weighted by atomic mass is 127. The van der Waals surface area contributed by atoms with Gasteiger partial charge in [-0.25, -0.2) is 0 Å². The number of para-hydroxylation sites is 1. The van der Waals surface area contributed by atoms with E-state index in [4.69, 9.17) is 12.8 Å². The van der Waals surface area contributed by atoms with E-state index in [1.54, 1.807) is 24.3 Å². The highest BCUT2D eigenvalue weighted by Crippen LogP contribution is 2.44. The van der Waals surface area contributed by atoms with E-state index in [2.05, 4.69) is 460 Å². The largest absolute Gasteiger partial charge is 0.489 e. The van der Waals surface area contributed by atoms with E-state index in [-0.39, 0.29) is 23.1 Å². The maximum atomic E-state index is 11.3. The molecule has 0 saturated carbocycles. The highest BCUT2D eigenvalue weighted by Gasteiger charge is 2.32. The topological polar surface area (TPSA) is 144 Å². The Morgan fingerprint density at radius 2 is 0.809 bits per heavy atom. The summed E-state index contributed by atoms with van der Waals surface area (Å²) in [5.41, 5.74) is 21.1. The molecule has 141 heavy (non-hydrogen) atoms. The van der Waals surface area contributed by atoms with Crippen LogP contribution in [0.5, 0.6) is 0 Å². The monoisotopic (exact) mass is 2290 g/mol. The van der Waals surface area contributed by atoms with E-state index in [0.29, 0.717) is 24.4 Å². The third-order valence-electron chi connectivity index (χ3n) is 22.8. The van der Waals surface area contributed by atoms with Crippen molar-refractivity contribution in [2.45, 2.75) is 13.2 Å². The molecule has 0 bridgehead atoms. The van der Waals surface area contributed by atoms with Crippen molar-refractivity contribution in [2.24, 2.45) is 0 Å². The normalized spacial score (nSPS) is 11.0. The van der Waals surface area contributed by atoms with Crippen molar-refractivity contribution >= 4 is 229 Å². The van der Waals surface area contributed by atoms with Crippen LogP contribution in [0, 0.1) is 29.9 Å². The average Bonchev–Trinajstić information content (AvgIpc) is 1.53. The second kappa shape index (κ2) is 52.1. The van der Waals surface area contributed by atoms with Crippen LogP contribution in [-0.2, 0) is 6.42 Å². The van der Waals surface area contributed by atoms with E-state index in [0.717, 1.165) is 53.8 Å². The van der Waals surface area contributed by atoms with Gasteiger partial charge >= 0.3 is 7.12 Å². The number of nitrogens with zero attached hydrogens (tertiary/aromatic N) is 3. The molecule has 1 heterocycles. The number of fused-ring (bicyclic) bond motifs is 11. The number of hydrogen-bond acceptors (Lipinski definition) is 7. The quantitative estimate of drug-likeness (QED) is 0.0276. The lowest BCUT2D eigenvalue weighted by atomic mass is 9.77. The number of benzene rings is 20. The number of nitro benzene ring substituents is 2. The molecule has 0 atom stereocenters. The van der Waals surface area contributed by atoms with Gasteiger partial charge in [0.25, 0.3) is 11.4 Å². The first-order valence-electron chi connectivity index (χ1n) is 46.0. The highest BCUT2D eigenvalue weighted by molar-refractivity contribution is 14.1. The van der Waals surface area contributed by atoms with E-state index < -0.39 is 27.1 Å². The Bertz CT molecular complexity index is 7700. The zero-order valence-electron chi connectivity index (χ0n) is 77.9. The summed E-state index contributed by atoms with van der Waals surface area (Å²) in [6.07, 6.45) is 6.55. The first-order valence-corrected chi connectivity index (χ1v) is 51.0. The molecule has 0 unspecified atom stereocenters. The van der Waals surface area contributed by atoms with Crippen molar-refractivity contribution in [1.82, 2.24) is 4.57 Å². The van der Waals surface area contributed by atoms with Crippen LogP contribution in [0.15, 0.2) is 513 Å². The van der Waals surface area contributed by atoms with Crippen LogP contribution in [0.1, 0.15) is 25.0 Å². The Kier molecular flexibility index (Phi) is 37.2.